The van der Waals surface area contributed by atoms with E-state index in [1.54, 1.807) is 0 Å². The SMILES string of the molecule is CCC=C(C=C(C)CC)N1CCNC(C)C1. The third-order valence-electron chi connectivity index (χ3n) is 3.10. The highest BCUT2D eigenvalue weighted by Gasteiger charge is 2.16. The van der Waals surface area contributed by atoms with Crippen LogP contribution in [0.25, 0.3) is 0 Å². The lowest BCUT2D eigenvalue weighted by Crippen LogP contribution is -2.48. The van der Waals surface area contributed by atoms with E-state index >= 15 is 0 Å². The van der Waals surface area contributed by atoms with Crippen LogP contribution < -0.4 is 5.32 Å². The Morgan fingerprint density at radius 2 is 2.19 bits per heavy atom. The first-order valence-electron chi connectivity index (χ1n) is 6.53. The Kier molecular flexibility index (Phi) is 5.61. The molecule has 1 aliphatic rings. The predicted molar refractivity (Wildman–Crippen MR) is 71.5 cm³/mol. The van der Waals surface area contributed by atoms with Crippen molar-refractivity contribution in [3.63, 3.8) is 0 Å². The molecular formula is C14H26N2. The first-order chi connectivity index (χ1) is 7.67. The molecule has 0 aliphatic carbocycles. The monoisotopic (exact) mass is 222 g/mol. The fraction of sp³-hybridized carbons (Fsp3) is 0.714. The second kappa shape index (κ2) is 6.74. The van der Waals surface area contributed by atoms with E-state index in [0.29, 0.717) is 6.04 Å². The Balaban J connectivity index is 2.73. The normalized spacial score (nSPS) is 23.8. The van der Waals surface area contributed by atoms with E-state index in [0.717, 1.165) is 32.5 Å². The molecule has 1 heterocycles. The van der Waals surface area contributed by atoms with E-state index in [9.17, 15) is 0 Å². The fourth-order valence-electron chi connectivity index (χ4n) is 2.01. The molecule has 0 radical (unpaired) electrons. The van der Waals surface area contributed by atoms with Crippen LogP contribution in [0.1, 0.15) is 40.5 Å². The van der Waals surface area contributed by atoms with Crippen LogP contribution in [0.2, 0.25) is 0 Å². The Labute approximate surface area is 100 Å². The summed E-state index contributed by atoms with van der Waals surface area (Å²) in [4.78, 5) is 2.50. The van der Waals surface area contributed by atoms with E-state index in [1.807, 2.05) is 0 Å². The molecule has 0 aromatic rings. The smallest absolute Gasteiger partial charge is 0.0329 e. The van der Waals surface area contributed by atoms with Crippen LogP contribution >= 0.6 is 0 Å². The summed E-state index contributed by atoms with van der Waals surface area (Å²) < 4.78 is 0. The van der Waals surface area contributed by atoms with Gasteiger partial charge in [0.1, 0.15) is 0 Å². The molecule has 1 fully saturated rings. The van der Waals surface area contributed by atoms with E-state index in [4.69, 9.17) is 0 Å². The average molecular weight is 222 g/mol. The highest BCUT2D eigenvalue weighted by molar-refractivity contribution is 5.22. The number of rotatable bonds is 4. The Morgan fingerprint density at radius 3 is 2.75 bits per heavy atom. The lowest BCUT2D eigenvalue weighted by molar-refractivity contribution is 0.261. The van der Waals surface area contributed by atoms with Gasteiger partial charge in [-0.2, -0.15) is 0 Å². The van der Waals surface area contributed by atoms with Gasteiger partial charge in [0, 0.05) is 31.4 Å². The highest BCUT2D eigenvalue weighted by Crippen LogP contribution is 2.14. The summed E-state index contributed by atoms with van der Waals surface area (Å²) in [5.74, 6) is 0. The molecule has 16 heavy (non-hydrogen) atoms. The molecule has 92 valence electrons. The van der Waals surface area contributed by atoms with Gasteiger partial charge in [-0.15, -0.1) is 0 Å². The summed E-state index contributed by atoms with van der Waals surface area (Å²) in [6.07, 6.45) is 6.95. The maximum atomic E-state index is 3.49. The predicted octanol–water partition coefficient (Wildman–Crippen LogP) is 2.93. The summed E-state index contributed by atoms with van der Waals surface area (Å²) in [6.45, 7) is 12.3. The molecule has 1 N–H and O–H groups in total. The molecule has 1 unspecified atom stereocenters. The standard InChI is InChI=1S/C14H26N2/c1-5-7-14(10-12(3)6-2)16-9-8-15-13(4)11-16/h7,10,13,15H,5-6,8-9,11H2,1-4H3. The van der Waals surface area contributed by atoms with Crippen molar-refractivity contribution in [2.24, 2.45) is 0 Å². The minimum Gasteiger partial charge on any atom is -0.369 e. The molecule has 0 amide bonds. The summed E-state index contributed by atoms with van der Waals surface area (Å²) in [7, 11) is 0. The first-order valence-corrected chi connectivity index (χ1v) is 6.53. The first kappa shape index (κ1) is 13.3. The topological polar surface area (TPSA) is 15.3 Å². The molecule has 1 aliphatic heterocycles. The zero-order chi connectivity index (χ0) is 12.0. The van der Waals surface area contributed by atoms with Crippen LogP contribution in [0.3, 0.4) is 0 Å². The van der Waals surface area contributed by atoms with Gasteiger partial charge < -0.3 is 10.2 Å². The van der Waals surface area contributed by atoms with Crippen molar-refractivity contribution in [3.8, 4) is 0 Å². The van der Waals surface area contributed by atoms with Crippen molar-refractivity contribution in [3.05, 3.63) is 23.4 Å². The minimum atomic E-state index is 0.601. The Bertz CT molecular complexity index is 266. The van der Waals surface area contributed by atoms with Gasteiger partial charge in [-0.05, 0) is 32.8 Å². The van der Waals surface area contributed by atoms with E-state index in [-0.39, 0.29) is 0 Å². The van der Waals surface area contributed by atoms with Gasteiger partial charge in [0.05, 0.1) is 0 Å². The second-order valence-corrected chi connectivity index (χ2v) is 4.68. The van der Waals surface area contributed by atoms with Crippen molar-refractivity contribution >= 4 is 0 Å². The zero-order valence-electron chi connectivity index (χ0n) is 11.2. The van der Waals surface area contributed by atoms with E-state index in [1.165, 1.54) is 11.3 Å². The van der Waals surface area contributed by atoms with Gasteiger partial charge >= 0.3 is 0 Å². The van der Waals surface area contributed by atoms with Gasteiger partial charge in [0.2, 0.25) is 0 Å². The molecule has 0 aromatic carbocycles. The number of hydrogen-bond donors (Lipinski definition) is 1. The van der Waals surface area contributed by atoms with Crippen LogP contribution in [0.5, 0.6) is 0 Å². The average Bonchev–Trinajstić information content (AvgIpc) is 2.28. The van der Waals surface area contributed by atoms with E-state index in [2.05, 4.69) is 50.1 Å². The van der Waals surface area contributed by atoms with Gasteiger partial charge in [-0.25, -0.2) is 0 Å². The maximum Gasteiger partial charge on any atom is 0.0329 e. The largest absolute Gasteiger partial charge is 0.369 e. The molecule has 0 spiro atoms. The maximum absolute atomic E-state index is 3.49. The van der Waals surface area contributed by atoms with Gasteiger partial charge in [0.25, 0.3) is 0 Å². The van der Waals surface area contributed by atoms with Crippen molar-refractivity contribution in [2.75, 3.05) is 19.6 Å². The number of nitrogens with one attached hydrogen (secondary N) is 1. The van der Waals surface area contributed by atoms with Crippen molar-refractivity contribution in [1.29, 1.82) is 0 Å². The van der Waals surface area contributed by atoms with Gasteiger partial charge in [0.15, 0.2) is 0 Å². The van der Waals surface area contributed by atoms with Crippen LogP contribution in [0, 0.1) is 0 Å². The molecule has 0 aromatic heterocycles. The molecule has 1 saturated heterocycles. The number of allylic oxidation sites excluding steroid dienone is 3. The van der Waals surface area contributed by atoms with Gasteiger partial charge in [-0.3, -0.25) is 0 Å². The molecule has 2 nitrogen and oxygen atoms in total. The number of nitrogens with zero attached hydrogens (tertiary/aromatic N) is 1. The minimum absolute atomic E-state index is 0.601. The van der Waals surface area contributed by atoms with Crippen molar-refractivity contribution in [1.82, 2.24) is 10.2 Å². The summed E-state index contributed by atoms with van der Waals surface area (Å²) in [5.41, 5.74) is 2.88. The quantitative estimate of drug-likeness (QED) is 0.736. The lowest BCUT2D eigenvalue weighted by atomic mass is 10.1. The van der Waals surface area contributed by atoms with Crippen LogP contribution in [0.4, 0.5) is 0 Å². The van der Waals surface area contributed by atoms with Gasteiger partial charge in [-0.1, -0.05) is 25.5 Å². The van der Waals surface area contributed by atoms with Crippen LogP contribution in [-0.4, -0.2) is 30.6 Å². The van der Waals surface area contributed by atoms with Crippen molar-refractivity contribution in [2.45, 2.75) is 46.6 Å². The fourth-order valence-corrected chi connectivity index (χ4v) is 2.01. The summed E-state index contributed by atoms with van der Waals surface area (Å²) in [5, 5.41) is 3.49. The summed E-state index contributed by atoms with van der Waals surface area (Å²) in [6, 6.07) is 0.601. The Morgan fingerprint density at radius 1 is 1.44 bits per heavy atom. The third-order valence-corrected chi connectivity index (χ3v) is 3.10. The molecule has 0 saturated carbocycles. The molecular weight excluding hydrogens is 196 g/mol. The molecule has 1 rings (SSSR count). The highest BCUT2D eigenvalue weighted by atomic mass is 15.2. The van der Waals surface area contributed by atoms with Crippen molar-refractivity contribution < 1.29 is 0 Å². The second-order valence-electron chi connectivity index (χ2n) is 4.68. The molecule has 2 heteroatoms. The summed E-state index contributed by atoms with van der Waals surface area (Å²) >= 11 is 0. The number of hydrogen-bond acceptors (Lipinski definition) is 2. The van der Waals surface area contributed by atoms with Crippen LogP contribution in [-0.2, 0) is 0 Å². The number of piperazine rings is 1. The lowest BCUT2D eigenvalue weighted by Gasteiger charge is -2.34. The third kappa shape index (κ3) is 4.01. The van der Waals surface area contributed by atoms with E-state index < -0.39 is 0 Å². The molecule has 1 atom stereocenters. The zero-order valence-corrected chi connectivity index (χ0v) is 11.2. The molecule has 0 bridgehead atoms. The van der Waals surface area contributed by atoms with Crippen LogP contribution in [0.15, 0.2) is 23.4 Å². The Hall–Kier alpha value is -0.760.